The lowest BCUT2D eigenvalue weighted by atomic mass is 9.87. The van der Waals surface area contributed by atoms with E-state index in [2.05, 4.69) is 10.5 Å². The van der Waals surface area contributed by atoms with Crippen molar-refractivity contribution >= 4 is 5.84 Å². The van der Waals surface area contributed by atoms with Crippen molar-refractivity contribution in [2.45, 2.75) is 32.1 Å². The molecule has 1 rings (SSSR count). The maximum absolute atomic E-state index is 9.34. The van der Waals surface area contributed by atoms with Crippen molar-refractivity contribution in [2.24, 2.45) is 16.3 Å². The van der Waals surface area contributed by atoms with Crippen molar-refractivity contribution in [2.75, 3.05) is 19.7 Å². The molecule has 0 aromatic carbocycles. The van der Waals surface area contributed by atoms with Crippen LogP contribution in [0.5, 0.6) is 0 Å². The van der Waals surface area contributed by atoms with E-state index < -0.39 is 0 Å². The molecule has 0 radical (unpaired) electrons. The average molecular weight is 215 g/mol. The van der Waals surface area contributed by atoms with Crippen LogP contribution in [0.15, 0.2) is 5.16 Å². The van der Waals surface area contributed by atoms with Gasteiger partial charge in [-0.3, -0.25) is 0 Å². The van der Waals surface area contributed by atoms with Crippen molar-refractivity contribution in [1.82, 2.24) is 5.32 Å². The minimum Gasteiger partial charge on any atom is -0.409 e. The van der Waals surface area contributed by atoms with Crippen LogP contribution in [0.2, 0.25) is 0 Å². The van der Waals surface area contributed by atoms with E-state index in [9.17, 15) is 5.11 Å². The zero-order valence-electron chi connectivity index (χ0n) is 9.08. The van der Waals surface area contributed by atoms with E-state index in [4.69, 9.17) is 10.9 Å². The zero-order chi connectivity index (χ0) is 11.1. The Morgan fingerprint density at radius 1 is 1.40 bits per heavy atom. The first-order valence-electron chi connectivity index (χ1n) is 5.50. The largest absolute Gasteiger partial charge is 0.409 e. The number of nitrogens with zero attached hydrogens (tertiary/aromatic N) is 1. The van der Waals surface area contributed by atoms with Gasteiger partial charge in [-0.1, -0.05) is 18.0 Å². The normalized spacial score (nSPS) is 20.7. The summed E-state index contributed by atoms with van der Waals surface area (Å²) >= 11 is 0. The van der Waals surface area contributed by atoms with Gasteiger partial charge in [-0.2, -0.15) is 0 Å². The molecular weight excluding hydrogens is 194 g/mol. The molecule has 0 aromatic rings. The molecule has 5 nitrogen and oxygen atoms in total. The molecule has 0 heterocycles. The molecule has 0 atom stereocenters. The number of nitrogens with two attached hydrogens (primary N) is 1. The molecule has 0 saturated heterocycles. The minimum absolute atomic E-state index is 0.0745. The van der Waals surface area contributed by atoms with E-state index in [0.29, 0.717) is 13.0 Å². The summed E-state index contributed by atoms with van der Waals surface area (Å²) in [7, 11) is 0. The van der Waals surface area contributed by atoms with Crippen LogP contribution in [-0.4, -0.2) is 35.8 Å². The minimum atomic E-state index is 0.0745. The predicted molar refractivity (Wildman–Crippen MR) is 58.9 cm³/mol. The second-order valence-corrected chi connectivity index (χ2v) is 4.38. The SMILES string of the molecule is NC(CCNCC1(CO)CCCC1)=NO. The summed E-state index contributed by atoms with van der Waals surface area (Å²) in [6.45, 7) is 1.77. The van der Waals surface area contributed by atoms with Gasteiger partial charge in [-0.05, 0) is 12.8 Å². The van der Waals surface area contributed by atoms with Crippen molar-refractivity contribution in [3.05, 3.63) is 0 Å². The summed E-state index contributed by atoms with van der Waals surface area (Å²) in [6, 6.07) is 0. The van der Waals surface area contributed by atoms with E-state index in [-0.39, 0.29) is 17.9 Å². The maximum atomic E-state index is 9.34. The van der Waals surface area contributed by atoms with Gasteiger partial charge in [0, 0.05) is 31.5 Å². The predicted octanol–water partition coefficient (Wildman–Crippen LogP) is 0.265. The molecule has 1 aliphatic rings. The van der Waals surface area contributed by atoms with E-state index >= 15 is 0 Å². The standard InChI is InChI=1S/C10H21N3O2/c11-9(13-15)3-6-12-7-10(8-14)4-1-2-5-10/h12,14-15H,1-8H2,(H2,11,13). The quantitative estimate of drug-likeness (QED) is 0.168. The van der Waals surface area contributed by atoms with Crippen LogP contribution in [-0.2, 0) is 0 Å². The Morgan fingerprint density at radius 2 is 2.07 bits per heavy atom. The van der Waals surface area contributed by atoms with Gasteiger partial charge in [-0.25, -0.2) is 0 Å². The molecule has 0 aromatic heterocycles. The Hall–Kier alpha value is -0.810. The lowest BCUT2D eigenvalue weighted by molar-refractivity contribution is 0.129. The van der Waals surface area contributed by atoms with Gasteiger partial charge in [0.15, 0.2) is 0 Å². The molecule has 0 unspecified atom stereocenters. The van der Waals surface area contributed by atoms with Crippen LogP contribution >= 0.6 is 0 Å². The smallest absolute Gasteiger partial charge is 0.140 e. The first-order valence-corrected chi connectivity index (χ1v) is 5.50. The Labute approximate surface area is 90.3 Å². The van der Waals surface area contributed by atoms with Crippen molar-refractivity contribution in [3.8, 4) is 0 Å². The highest BCUT2D eigenvalue weighted by molar-refractivity contribution is 5.79. The third-order valence-electron chi connectivity index (χ3n) is 3.19. The van der Waals surface area contributed by atoms with E-state index in [1.165, 1.54) is 12.8 Å². The molecule has 0 spiro atoms. The fourth-order valence-corrected chi connectivity index (χ4v) is 2.14. The lowest BCUT2D eigenvalue weighted by Crippen LogP contribution is -2.36. The van der Waals surface area contributed by atoms with Crippen molar-refractivity contribution in [3.63, 3.8) is 0 Å². The van der Waals surface area contributed by atoms with E-state index in [0.717, 1.165) is 19.4 Å². The topological polar surface area (TPSA) is 90.9 Å². The van der Waals surface area contributed by atoms with Gasteiger partial charge in [0.1, 0.15) is 5.84 Å². The summed E-state index contributed by atoms with van der Waals surface area (Å²) in [5, 5.41) is 23.8. The van der Waals surface area contributed by atoms with Gasteiger partial charge in [0.25, 0.3) is 0 Å². The number of rotatable bonds is 6. The molecule has 0 aliphatic heterocycles. The number of aliphatic hydroxyl groups is 1. The van der Waals surface area contributed by atoms with Crippen LogP contribution in [0.3, 0.4) is 0 Å². The highest BCUT2D eigenvalue weighted by Gasteiger charge is 2.32. The van der Waals surface area contributed by atoms with Crippen LogP contribution < -0.4 is 11.1 Å². The Kier molecular flexibility index (Phi) is 4.84. The third kappa shape index (κ3) is 3.68. The average Bonchev–Trinajstić information content (AvgIpc) is 2.73. The molecule has 0 amide bonds. The molecule has 1 aliphatic carbocycles. The zero-order valence-corrected chi connectivity index (χ0v) is 9.08. The number of oxime groups is 1. The van der Waals surface area contributed by atoms with Crippen LogP contribution in [0.4, 0.5) is 0 Å². The molecular formula is C10H21N3O2. The summed E-state index contributed by atoms with van der Waals surface area (Å²) in [5.41, 5.74) is 5.42. The van der Waals surface area contributed by atoms with Gasteiger partial charge >= 0.3 is 0 Å². The number of aliphatic hydroxyl groups excluding tert-OH is 1. The second kappa shape index (κ2) is 5.92. The number of amidine groups is 1. The van der Waals surface area contributed by atoms with Crippen LogP contribution in [0.1, 0.15) is 32.1 Å². The fraction of sp³-hybridized carbons (Fsp3) is 0.900. The van der Waals surface area contributed by atoms with Crippen molar-refractivity contribution in [1.29, 1.82) is 0 Å². The van der Waals surface area contributed by atoms with E-state index in [1.54, 1.807) is 0 Å². The third-order valence-corrected chi connectivity index (χ3v) is 3.19. The van der Waals surface area contributed by atoms with Crippen LogP contribution in [0, 0.1) is 5.41 Å². The van der Waals surface area contributed by atoms with E-state index in [1.807, 2.05) is 0 Å². The monoisotopic (exact) mass is 215 g/mol. The molecule has 1 fully saturated rings. The molecule has 88 valence electrons. The summed E-state index contributed by atoms with van der Waals surface area (Å²) in [5.74, 6) is 0.243. The second-order valence-electron chi connectivity index (χ2n) is 4.38. The summed E-state index contributed by atoms with van der Waals surface area (Å²) < 4.78 is 0. The fourth-order valence-electron chi connectivity index (χ4n) is 2.14. The maximum Gasteiger partial charge on any atom is 0.140 e. The molecule has 15 heavy (non-hydrogen) atoms. The Balaban J connectivity index is 2.18. The Morgan fingerprint density at radius 3 is 2.60 bits per heavy atom. The highest BCUT2D eigenvalue weighted by Crippen LogP contribution is 2.36. The summed E-state index contributed by atoms with van der Waals surface area (Å²) in [4.78, 5) is 0. The van der Waals surface area contributed by atoms with Gasteiger partial charge in [0.05, 0.1) is 0 Å². The number of nitrogens with one attached hydrogen (secondary N) is 1. The molecule has 1 saturated carbocycles. The molecule has 5 N–H and O–H groups in total. The van der Waals surface area contributed by atoms with Gasteiger partial charge in [0.2, 0.25) is 0 Å². The van der Waals surface area contributed by atoms with Crippen molar-refractivity contribution < 1.29 is 10.3 Å². The lowest BCUT2D eigenvalue weighted by Gasteiger charge is -2.26. The first-order chi connectivity index (χ1) is 7.22. The van der Waals surface area contributed by atoms with Crippen LogP contribution in [0.25, 0.3) is 0 Å². The first kappa shape index (κ1) is 12.3. The highest BCUT2D eigenvalue weighted by atomic mass is 16.4. The van der Waals surface area contributed by atoms with Gasteiger partial charge in [-0.15, -0.1) is 0 Å². The Bertz CT molecular complexity index is 213. The molecule has 5 heteroatoms. The number of hydrogen-bond donors (Lipinski definition) is 4. The summed E-state index contributed by atoms with van der Waals surface area (Å²) in [6.07, 6.45) is 5.16. The molecule has 0 bridgehead atoms. The number of hydrogen-bond acceptors (Lipinski definition) is 4. The van der Waals surface area contributed by atoms with Gasteiger partial charge < -0.3 is 21.4 Å².